The molecule has 0 heterocycles. The fraction of sp³-hybridized carbons (Fsp3) is 0.667. The summed E-state index contributed by atoms with van der Waals surface area (Å²) in [5.41, 5.74) is 3.39. The fourth-order valence-electron chi connectivity index (χ4n) is 1.72. The van der Waals surface area contributed by atoms with Crippen molar-refractivity contribution in [1.82, 2.24) is 0 Å². The van der Waals surface area contributed by atoms with Crippen molar-refractivity contribution >= 4 is 5.78 Å². The van der Waals surface area contributed by atoms with Gasteiger partial charge in [0.2, 0.25) is 0 Å². The standard InChI is InChI=1S/C13H20O.C2H6/c1-10(12-9-13(12,3)4)7-5-6-8-11(2)14;1-2/h5,7H,6,8-9H2,1-4H3;1-2H3/b7-5+,12-10?;. The van der Waals surface area contributed by atoms with Crippen LogP contribution in [0.1, 0.15) is 60.8 Å². The second-order valence-electron chi connectivity index (χ2n) is 4.87. The van der Waals surface area contributed by atoms with Gasteiger partial charge in [0.25, 0.3) is 0 Å². The molecule has 0 atom stereocenters. The summed E-state index contributed by atoms with van der Waals surface area (Å²) in [4.78, 5) is 10.7. The quantitative estimate of drug-likeness (QED) is 0.674. The molecule has 0 spiro atoms. The SMILES string of the molecule is CC.CC(=O)CC/C=C/C(C)=C1CC1(C)C. The summed E-state index contributed by atoms with van der Waals surface area (Å²) >= 11 is 0. The highest BCUT2D eigenvalue weighted by molar-refractivity contribution is 5.75. The Morgan fingerprint density at radius 3 is 2.19 bits per heavy atom. The number of carbonyl (C=O) groups excluding carboxylic acids is 1. The molecule has 0 bridgehead atoms. The van der Waals surface area contributed by atoms with Crippen LogP contribution in [0.4, 0.5) is 0 Å². The molecule has 92 valence electrons. The van der Waals surface area contributed by atoms with Gasteiger partial charge in [-0.15, -0.1) is 0 Å². The predicted molar refractivity (Wildman–Crippen MR) is 71.5 cm³/mol. The van der Waals surface area contributed by atoms with Gasteiger partial charge in [-0.2, -0.15) is 0 Å². The number of hydrogen-bond donors (Lipinski definition) is 0. The van der Waals surface area contributed by atoms with Crippen molar-refractivity contribution in [3.05, 3.63) is 23.3 Å². The molecule has 0 unspecified atom stereocenters. The number of allylic oxidation sites excluding steroid dienone is 4. The van der Waals surface area contributed by atoms with Crippen molar-refractivity contribution < 1.29 is 4.79 Å². The number of rotatable bonds is 4. The van der Waals surface area contributed by atoms with Crippen LogP contribution < -0.4 is 0 Å². The van der Waals surface area contributed by atoms with Gasteiger partial charge in [-0.1, -0.05) is 51.0 Å². The third-order valence-corrected chi connectivity index (χ3v) is 2.82. The molecular formula is C15H26O. The van der Waals surface area contributed by atoms with Gasteiger partial charge in [0, 0.05) is 6.42 Å². The molecule has 0 aromatic rings. The molecule has 1 rings (SSSR count). The van der Waals surface area contributed by atoms with Gasteiger partial charge in [-0.25, -0.2) is 0 Å². The smallest absolute Gasteiger partial charge is 0.130 e. The highest BCUT2D eigenvalue weighted by Crippen LogP contribution is 2.52. The normalized spacial score (nSPS) is 20.1. The largest absolute Gasteiger partial charge is 0.300 e. The van der Waals surface area contributed by atoms with E-state index in [2.05, 4.69) is 32.9 Å². The minimum Gasteiger partial charge on any atom is -0.300 e. The zero-order valence-corrected chi connectivity index (χ0v) is 11.7. The van der Waals surface area contributed by atoms with Crippen LogP contribution in [0.15, 0.2) is 23.3 Å². The molecule has 0 aromatic heterocycles. The topological polar surface area (TPSA) is 17.1 Å². The van der Waals surface area contributed by atoms with E-state index >= 15 is 0 Å². The fourth-order valence-corrected chi connectivity index (χ4v) is 1.72. The Labute approximate surface area is 101 Å². The third kappa shape index (κ3) is 5.29. The van der Waals surface area contributed by atoms with Crippen molar-refractivity contribution in [3.8, 4) is 0 Å². The van der Waals surface area contributed by atoms with Gasteiger partial charge in [0.05, 0.1) is 0 Å². The molecule has 0 amide bonds. The Kier molecular flexibility index (Phi) is 6.32. The molecule has 0 N–H and O–H groups in total. The second-order valence-corrected chi connectivity index (χ2v) is 4.87. The molecule has 1 fully saturated rings. The van der Waals surface area contributed by atoms with E-state index in [1.807, 2.05) is 13.8 Å². The first kappa shape index (κ1) is 15.2. The first-order valence-electron chi connectivity index (χ1n) is 6.30. The first-order chi connectivity index (χ1) is 7.43. The maximum atomic E-state index is 10.7. The molecular weight excluding hydrogens is 196 g/mol. The van der Waals surface area contributed by atoms with Gasteiger partial charge < -0.3 is 4.79 Å². The van der Waals surface area contributed by atoms with Gasteiger partial charge >= 0.3 is 0 Å². The number of Topliss-reactive ketones (excluding diaryl/α,β-unsaturated/α-hetero) is 1. The Morgan fingerprint density at radius 2 is 1.81 bits per heavy atom. The minimum absolute atomic E-state index is 0.270. The lowest BCUT2D eigenvalue weighted by atomic mass is 10.1. The minimum atomic E-state index is 0.270. The number of carbonyl (C=O) groups is 1. The van der Waals surface area contributed by atoms with Crippen LogP contribution in [-0.2, 0) is 4.79 Å². The third-order valence-electron chi connectivity index (χ3n) is 2.82. The average molecular weight is 222 g/mol. The Hall–Kier alpha value is -0.850. The van der Waals surface area contributed by atoms with Crippen LogP contribution in [0.25, 0.3) is 0 Å². The molecule has 0 saturated heterocycles. The van der Waals surface area contributed by atoms with Crippen LogP contribution >= 0.6 is 0 Å². The van der Waals surface area contributed by atoms with Gasteiger partial charge in [-0.05, 0) is 32.1 Å². The lowest BCUT2D eigenvalue weighted by molar-refractivity contribution is -0.116. The molecule has 1 nitrogen and oxygen atoms in total. The monoisotopic (exact) mass is 222 g/mol. The molecule has 1 aliphatic carbocycles. The van der Waals surface area contributed by atoms with E-state index in [1.54, 1.807) is 12.5 Å². The van der Waals surface area contributed by atoms with E-state index < -0.39 is 0 Å². The number of ketones is 1. The summed E-state index contributed by atoms with van der Waals surface area (Å²) in [7, 11) is 0. The summed E-state index contributed by atoms with van der Waals surface area (Å²) in [6.07, 6.45) is 7.05. The summed E-state index contributed by atoms with van der Waals surface area (Å²) in [6, 6.07) is 0. The van der Waals surface area contributed by atoms with E-state index in [4.69, 9.17) is 0 Å². The summed E-state index contributed by atoms with van der Waals surface area (Å²) in [5, 5.41) is 0. The maximum Gasteiger partial charge on any atom is 0.130 e. The van der Waals surface area contributed by atoms with Crippen molar-refractivity contribution in [3.63, 3.8) is 0 Å². The lowest BCUT2D eigenvalue weighted by Gasteiger charge is -1.96. The Morgan fingerprint density at radius 1 is 1.31 bits per heavy atom. The van der Waals surface area contributed by atoms with Crippen molar-refractivity contribution in [1.29, 1.82) is 0 Å². The highest BCUT2D eigenvalue weighted by Gasteiger charge is 2.39. The van der Waals surface area contributed by atoms with Crippen molar-refractivity contribution in [2.45, 2.75) is 60.8 Å². The molecule has 1 saturated carbocycles. The Bertz CT molecular complexity index is 293. The van der Waals surface area contributed by atoms with Gasteiger partial charge in [0.1, 0.15) is 5.78 Å². The predicted octanol–water partition coefficient (Wildman–Crippen LogP) is 4.68. The lowest BCUT2D eigenvalue weighted by Crippen LogP contribution is -1.86. The summed E-state index contributed by atoms with van der Waals surface area (Å²) in [5.74, 6) is 0.270. The van der Waals surface area contributed by atoms with E-state index in [0.717, 1.165) is 6.42 Å². The highest BCUT2D eigenvalue weighted by atomic mass is 16.1. The van der Waals surface area contributed by atoms with Crippen LogP contribution in [0.3, 0.4) is 0 Å². The summed E-state index contributed by atoms with van der Waals surface area (Å²) < 4.78 is 0. The molecule has 0 radical (unpaired) electrons. The van der Waals surface area contributed by atoms with Gasteiger partial charge in [-0.3, -0.25) is 0 Å². The molecule has 1 aliphatic rings. The molecule has 0 aliphatic heterocycles. The van der Waals surface area contributed by atoms with Gasteiger partial charge in [0.15, 0.2) is 0 Å². The molecule has 1 heteroatoms. The van der Waals surface area contributed by atoms with Crippen molar-refractivity contribution in [2.24, 2.45) is 5.41 Å². The van der Waals surface area contributed by atoms with Crippen LogP contribution in [0.2, 0.25) is 0 Å². The van der Waals surface area contributed by atoms with Crippen LogP contribution in [0.5, 0.6) is 0 Å². The average Bonchev–Trinajstić information content (AvgIpc) is 2.85. The molecule has 0 aromatic carbocycles. The van der Waals surface area contributed by atoms with Crippen LogP contribution in [-0.4, -0.2) is 5.78 Å². The molecule has 16 heavy (non-hydrogen) atoms. The number of hydrogen-bond acceptors (Lipinski definition) is 1. The maximum absolute atomic E-state index is 10.7. The van der Waals surface area contributed by atoms with E-state index in [1.165, 1.54) is 12.0 Å². The summed E-state index contributed by atoms with van der Waals surface area (Å²) in [6.45, 7) is 12.3. The zero-order chi connectivity index (χ0) is 12.8. The van der Waals surface area contributed by atoms with Crippen LogP contribution in [0, 0.1) is 5.41 Å². The first-order valence-corrected chi connectivity index (χ1v) is 6.30. The van der Waals surface area contributed by atoms with E-state index in [-0.39, 0.29) is 5.78 Å². The van der Waals surface area contributed by atoms with E-state index in [9.17, 15) is 4.79 Å². The zero-order valence-electron chi connectivity index (χ0n) is 11.7. The Balaban J connectivity index is 0.00000106. The van der Waals surface area contributed by atoms with E-state index in [0.29, 0.717) is 11.8 Å². The second kappa shape index (κ2) is 6.67. The van der Waals surface area contributed by atoms with Crippen molar-refractivity contribution in [2.75, 3.05) is 0 Å².